The summed E-state index contributed by atoms with van der Waals surface area (Å²) in [6.45, 7) is 3.95. The molecule has 2 rings (SSSR count). The molecule has 0 aromatic heterocycles. The number of likely N-dealkylation sites (tertiary alicyclic amines) is 1. The van der Waals surface area contributed by atoms with Gasteiger partial charge in [-0.25, -0.2) is 4.79 Å². The molecule has 5 nitrogen and oxygen atoms in total. The van der Waals surface area contributed by atoms with E-state index < -0.39 is 0 Å². The molecule has 0 radical (unpaired) electrons. The van der Waals surface area contributed by atoms with Crippen LogP contribution in [0, 0.1) is 11.8 Å². The van der Waals surface area contributed by atoms with Crippen molar-refractivity contribution >= 4 is 12.0 Å². The monoisotopic (exact) mass is 294 g/mol. The lowest BCUT2D eigenvalue weighted by Crippen LogP contribution is -2.49. The van der Waals surface area contributed by atoms with Crippen molar-refractivity contribution in [3.8, 4) is 0 Å². The van der Waals surface area contributed by atoms with Crippen molar-refractivity contribution in [2.24, 2.45) is 11.8 Å². The van der Waals surface area contributed by atoms with Crippen LogP contribution in [0.25, 0.3) is 0 Å². The predicted molar refractivity (Wildman–Crippen MR) is 80.8 cm³/mol. The molecule has 1 N–H and O–H groups in total. The molecule has 0 aromatic rings. The van der Waals surface area contributed by atoms with Crippen molar-refractivity contribution in [2.45, 2.75) is 39.0 Å². The minimum Gasteiger partial charge on any atom is -0.469 e. The predicted octanol–water partition coefficient (Wildman–Crippen LogP) is 2.33. The van der Waals surface area contributed by atoms with Gasteiger partial charge in [-0.1, -0.05) is 18.6 Å². The van der Waals surface area contributed by atoms with Gasteiger partial charge in [0.2, 0.25) is 0 Å². The van der Waals surface area contributed by atoms with Gasteiger partial charge in [0.25, 0.3) is 0 Å². The molecule has 21 heavy (non-hydrogen) atoms. The molecule has 1 heterocycles. The Labute approximate surface area is 126 Å². The molecule has 0 saturated carbocycles. The zero-order valence-corrected chi connectivity index (χ0v) is 13.1. The molecule has 0 spiro atoms. The molecule has 1 saturated heterocycles. The number of carbonyl (C=O) groups is 2. The Bertz CT molecular complexity index is 420. The highest BCUT2D eigenvalue weighted by Gasteiger charge is 2.33. The topological polar surface area (TPSA) is 58.6 Å². The number of rotatable bonds is 4. The van der Waals surface area contributed by atoms with Crippen LogP contribution in [-0.4, -0.2) is 43.6 Å². The summed E-state index contributed by atoms with van der Waals surface area (Å²) in [5, 5.41) is 2.99. The zero-order valence-electron chi connectivity index (χ0n) is 13.1. The lowest BCUT2D eigenvalue weighted by Gasteiger charge is -2.35. The first kappa shape index (κ1) is 15.9. The van der Waals surface area contributed by atoms with Crippen molar-refractivity contribution < 1.29 is 14.3 Å². The van der Waals surface area contributed by atoms with Crippen molar-refractivity contribution in [3.63, 3.8) is 0 Å². The van der Waals surface area contributed by atoms with Crippen molar-refractivity contribution in [3.05, 3.63) is 11.6 Å². The molecule has 2 aliphatic rings. The van der Waals surface area contributed by atoms with Gasteiger partial charge in [0.15, 0.2) is 0 Å². The van der Waals surface area contributed by atoms with E-state index >= 15 is 0 Å². The quantitative estimate of drug-likeness (QED) is 0.639. The summed E-state index contributed by atoms with van der Waals surface area (Å²) in [6.07, 6.45) is 7.55. The van der Waals surface area contributed by atoms with Crippen LogP contribution in [0.4, 0.5) is 4.79 Å². The minimum atomic E-state index is -0.157. The van der Waals surface area contributed by atoms with Gasteiger partial charge in [0.1, 0.15) is 0 Å². The first-order valence-electron chi connectivity index (χ1n) is 7.90. The van der Waals surface area contributed by atoms with Crippen molar-refractivity contribution in [2.75, 3.05) is 26.7 Å². The van der Waals surface area contributed by atoms with Crippen molar-refractivity contribution in [1.29, 1.82) is 0 Å². The standard InChI is InChI=1S/C16H26N2O3/c1-12-11-18(10-8-14(12)15(19)21-2)16(20)17-9-7-13-5-3-4-6-13/h5,12,14H,3-4,6-11H2,1-2H3,(H,17,20)/t12-,14-/m1/s1. The number of carbonyl (C=O) groups excluding carboxylic acids is 2. The molecule has 2 amide bonds. The third kappa shape index (κ3) is 4.22. The zero-order chi connectivity index (χ0) is 15.2. The number of esters is 1. The van der Waals surface area contributed by atoms with Gasteiger partial charge < -0.3 is 15.0 Å². The Morgan fingerprint density at radius 1 is 1.48 bits per heavy atom. The van der Waals surface area contributed by atoms with Gasteiger partial charge >= 0.3 is 12.0 Å². The molecule has 2 atom stereocenters. The molecular formula is C16H26N2O3. The van der Waals surface area contributed by atoms with E-state index in [1.54, 1.807) is 0 Å². The fraction of sp³-hybridized carbons (Fsp3) is 0.750. The van der Waals surface area contributed by atoms with E-state index in [0.717, 1.165) is 6.42 Å². The largest absolute Gasteiger partial charge is 0.469 e. The van der Waals surface area contributed by atoms with Gasteiger partial charge in [0, 0.05) is 19.6 Å². The van der Waals surface area contributed by atoms with Crippen LogP contribution in [0.3, 0.4) is 0 Å². The number of urea groups is 1. The summed E-state index contributed by atoms with van der Waals surface area (Å²) < 4.78 is 4.81. The Morgan fingerprint density at radius 2 is 2.29 bits per heavy atom. The normalized spacial score (nSPS) is 25.4. The van der Waals surface area contributed by atoms with Gasteiger partial charge in [-0.2, -0.15) is 0 Å². The highest BCUT2D eigenvalue weighted by Crippen LogP contribution is 2.24. The summed E-state index contributed by atoms with van der Waals surface area (Å²) in [7, 11) is 1.42. The second kappa shape index (κ2) is 7.48. The number of nitrogens with one attached hydrogen (secondary N) is 1. The van der Waals surface area contributed by atoms with E-state index in [1.807, 2.05) is 11.8 Å². The summed E-state index contributed by atoms with van der Waals surface area (Å²) >= 11 is 0. The highest BCUT2D eigenvalue weighted by atomic mass is 16.5. The fourth-order valence-corrected chi connectivity index (χ4v) is 3.24. The highest BCUT2D eigenvalue weighted by molar-refractivity contribution is 5.76. The molecule has 1 aliphatic heterocycles. The first-order valence-corrected chi connectivity index (χ1v) is 7.90. The van der Waals surface area contributed by atoms with E-state index in [0.29, 0.717) is 26.1 Å². The van der Waals surface area contributed by atoms with Crippen LogP contribution in [0.15, 0.2) is 11.6 Å². The molecule has 5 heteroatoms. The van der Waals surface area contributed by atoms with E-state index in [1.165, 1.54) is 31.9 Å². The van der Waals surface area contributed by atoms with Gasteiger partial charge in [-0.05, 0) is 38.0 Å². The summed E-state index contributed by atoms with van der Waals surface area (Å²) in [5.74, 6) is -0.0899. The van der Waals surface area contributed by atoms with Crippen LogP contribution in [-0.2, 0) is 9.53 Å². The molecule has 0 bridgehead atoms. The van der Waals surface area contributed by atoms with E-state index in [-0.39, 0.29) is 23.8 Å². The van der Waals surface area contributed by atoms with Gasteiger partial charge in [-0.3, -0.25) is 4.79 Å². The van der Waals surface area contributed by atoms with Crippen LogP contribution in [0.2, 0.25) is 0 Å². The number of ether oxygens (including phenoxy) is 1. The molecule has 0 unspecified atom stereocenters. The fourth-order valence-electron chi connectivity index (χ4n) is 3.24. The third-order valence-corrected chi connectivity index (χ3v) is 4.55. The summed E-state index contributed by atoms with van der Waals surface area (Å²) in [6, 6.07) is -0.0104. The average molecular weight is 294 g/mol. The maximum absolute atomic E-state index is 12.1. The van der Waals surface area contributed by atoms with Crippen molar-refractivity contribution in [1.82, 2.24) is 10.2 Å². The minimum absolute atomic E-state index is 0.0104. The molecular weight excluding hydrogens is 268 g/mol. The second-order valence-corrected chi connectivity index (χ2v) is 6.08. The lowest BCUT2D eigenvalue weighted by molar-refractivity contribution is -0.148. The third-order valence-electron chi connectivity index (χ3n) is 4.55. The lowest BCUT2D eigenvalue weighted by atomic mass is 9.87. The van der Waals surface area contributed by atoms with E-state index in [4.69, 9.17) is 4.74 Å². The van der Waals surface area contributed by atoms with Gasteiger partial charge in [0.05, 0.1) is 13.0 Å². The van der Waals surface area contributed by atoms with Crippen LogP contribution in [0.1, 0.15) is 39.0 Å². The number of hydrogen-bond donors (Lipinski definition) is 1. The number of amides is 2. The second-order valence-electron chi connectivity index (χ2n) is 6.08. The van der Waals surface area contributed by atoms with E-state index in [9.17, 15) is 9.59 Å². The summed E-state index contributed by atoms with van der Waals surface area (Å²) in [4.78, 5) is 25.6. The number of hydrogen-bond acceptors (Lipinski definition) is 3. The maximum atomic E-state index is 12.1. The van der Waals surface area contributed by atoms with Crippen LogP contribution < -0.4 is 5.32 Å². The number of piperidine rings is 1. The van der Waals surface area contributed by atoms with Gasteiger partial charge in [-0.15, -0.1) is 0 Å². The number of nitrogens with zero attached hydrogens (tertiary/aromatic N) is 1. The van der Waals surface area contributed by atoms with Crippen LogP contribution in [0.5, 0.6) is 0 Å². The molecule has 1 fully saturated rings. The van der Waals surface area contributed by atoms with Crippen LogP contribution >= 0.6 is 0 Å². The Balaban J connectivity index is 1.72. The Hall–Kier alpha value is -1.52. The maximum Gasteiger partial charge on any atom is 0.317 e. The Morgan fingerprint density at radius 3 is 2.90 bits per heavy atom. The molecule has 1 aliphatic carbocycles. The number of methoxy groups -OCH3 is 1. The molecule has 0 aromatic carbocycles. The molecule has 118 valence electrons. The smallest absolute Gasteiger partial charge is 0.317 e. The Kier molecular flexibility index (Phi) is 5.65. The average Bonchev–Trinajstić information content (AvgIpc) is 2.99. The SMILES string of the molecule is COC(=O)[C@@H]1CCN(C(=O)NCCC2=CCCC2)C[C@H]1C. The summed E-state index contributed by atoms with van der Waals surface area (Å²) in [5.41, 5.74) is 1.47. The van der Waals surface area contributed by atoms with E-state index in [2.05, 4.69) is 11.4 Å². The number of allylic oxidation sites excluding steroid dienone is 1. The first-order chi connectivity index (χ1) is 10.1.